The van der Waals surface area contributed by atoms with Crippen molar-refractivity contribution in [3.8, 4) is 11.8 Å². The van der Waals surface area contributed by atoms with E-state index in [9.17, 15) is 4.79 Å². The second kappa shape index (κ2) is 2.88. The van der Waals surface area contributed by atoms with Gasteiger partial charge in [-0.2, -0.15) is 0 Å². The van der Waals surface area contributed by atoms with Crippen LogP contribution >= 0.6 is 0 Å². The maximum absolute atomic E-state index is 9.77. The zero-order valence-electron chi connectivity index (χ0n) is 5.55. The molecule has 0 bridgehead atoms. The van der Waals surface area contributed by atoms with Gasteiger partial charge in [-0.1, -0.05) is 0 Å². The molecule has 1 aromatic rings. The number of carbonyl (C=O) groups is 1. The second-order valence-corrected chi connectivity index (χ2v) is 1.80. The second-order valence-electron chi connectivity index (χ2n) is 1.80. The lowest BCUT2D eigenvalue weighted by Crippen LogP contribution is -1.64. The minimum absolute atomic E-state index is 0.532. The van der Waals surface area contributed by atoms with E-state index in [1.165, 1.54) is 0 Å². The SMILES string of the molecule is Cc1ccc(C#CC=O)o1. The summed E-state index contributed by atoms with van der Waals surface area (Å²) in [4.78, 5) is 9.77. The first-order valence-electron chi connectivity index (χ1n) is 2.84. The van der Waals surface area contributed by atoms with Gasteiger partial charge in [-0.3, -0.25) is 4.79 Å². The van der Waals surface area contributed by atoms with Crippen LogP contribution in [-0.2, 0) is 4.79 Å². The molecule has 0 N–H and O–H groups in total. The molecule has 2 nitrogen and oxygen atoms in total. The van der Waals surface area contributed by atoms with Crippen molar-refractivity contribution in [3.05, 3.63) is 23.7 Å². The van der Waals surface area contributed by atoms with Crippen molar-refractivity contribution in [1.82, 2.24) is 0 Å². The van der Waals surface area contributed by atoms with E-state index in [1.807, 2.05) is 6.92 Å². The van der Waals surface area contributed by atoms with Gasteiger partial charge in [-0.05, 0) is 30.9 Å². The van der Waals surface area contributed by atoms with E-state index >= 15 is 0 Å². The highest BCUT2D eigenvalue weighted by atomic mass is 16.3. The van der Waals surface area contributed by atoms with Crippen LogP contribution in [0.1, 0.15) is 11.5 Å². The van der Waals surface area contributed by atoms with E-state index in [1.54, 1.807) is 12.1 Å². The number of aryl methyl sites for hydroxylation is 1. The smallest absolute Gasteiger partial charge is 0.193 e. The summed E-state index contributed by atoms with van der Waals surface area (Å²) in [6.07, 6.45) is 0.540. The Morgan fingerprint density at radius 3 is 2.90 bits per heavy atom. The van der Waals surface area contributed by atoms with Crippen LogP contribution in [0.2, 0.25) is 0 Å². The van der Waals surface area contributed by atoms with Crippen LogP contribution in [0, 0.1) is 18.8 Å². The molecule has 0 aliphatic rings. The molecule has 1 heterocycles. The van der Waals surface area contributed by atoms with Crippen LogP contribution in [-0.4, -0.2) is 6.29 Å². The number of hydrogen-bond acceptors (Lipinski definition) is 2. The highest BCUT2D eigenvalue weighted by molar-refractivity contribution is 5.73. The van der Waals surface area contributed by atoms with Crippen molar-refractivity contribution in [2.24, 2.45) is 0 Å². The van der Waals surface area contributed by atoms with Crippen molar-refractivity contribution in [2.45, 2.75) is 6.92 Å². The summed E-state index contributed by atoms with van der Waals surface area (Å²) in [6.45, 7) is 1.83. The van der Waals surface area contributed by atoms with Gasteiger partial charge in [-0.15, -0.1) is 0 Å². The Kier molecular flexibility index (Phi) is 1.91. The predicted octanol–water partition coefficient (Wildman–Crippen LogP) is 1.14. The van der Waals surface area contributed by atoms with Crippen LogP contribution in [0.15, 0.2) is 16.5 Å². The van der Waals surface area contributed by atoms with Crippen molar-refractivity contribution in [1.29, 1.82) is 0 Å². The summed E-state index contributed by atoms with van der Waals surface area (Å²) >= 11 is 0. The minimum atomic E-state index is 0.532. The van der Waals surface area contributed by atoms with Crippen LogP contribution in [0.4, 0.5) is 0 Å². The first-order chi connectivity index (χ1) is 4.83. The van der Waals surface area contributed by atoms with Gasteiger partial charge in [0.15, 0.2) is 12.0 Å². The Balaban J connectivity index is 2.85. The van der Waals surface area contributed by atoms with E-state index in [0.29, 0.717) is 12.0 Å². The summed E-state index contributed by atoms with van der Waals surface area (Å²) in [7, 11) is 0. The van der Waals surface area contributed by atoms with Crippen LogP contribution in [0.25, 0.3) is 0 Å². The van der Waals surface area contributed by atoms with Crippen molar-refractivity contribution in [2.75, 3.05) is 0 Å². The Morgan fingerprint density at radius 1 is 1.60 bits per heavy atom. The van der Waals surface area contributed by atoms with E-state index in [-0.39, 0.29) is 0 Å². The highest BCUT2D eigenvalue weighted by Gasteiger charge is 1.90. The summed E-state index contributed by atoms with van der Waals surface area (Å²) in [5, 5.41) is 0. The Morgan fingerprint density at radius 2 is 2.40 bits per heavy atom. The fraction of sp³-hybridized carbons (Fsp3) is 0.125. The maximum atomic E-state index is 9.77. The quantitative estimate of drug-likeness (QED) is 0.393. The monoisotopic (exact) mass is 134 g/mol. The Labute approximate surface area is 58.8 Å². The van der Waals surface area contributed by atoms with Gasteiger partial charge in [0, 0.05) is 0 Å². The fourth-order valence-corrected chi connectivity index (χ4v) is 0.602. The van der Waals surface area contributed by atoms with Gasteiger partial charge >= 0.3 is 0 Å². The fourth-order valence-electron chi connectivity index (χ4n) is 0.602. The molecule has 0 atom stereocenters. The molecule has 0 fully saturated rings. The summed E-state index contributed by atoms with van der Waals surface area (Å²) in [5.74, 6) is 6.12. The maximum Gasteiger partial charge on any atom is 0.193 e. The number of carbonyl (C=O) groups excluding carboxylic acids is 1. The molecule has 10 heavy (non-hydrogen) atoms. The largest absolute Gasteiger partial charge is 0.453 e. The molecule has 0 saturated carbocycles. The molecule has 50 valence electrons. The van der Waals surface area contributed by atoms with Gasteiger partial charge in [-0.25, -0.2) is 0 Å². The molecule has 0 radical (unpaired) electrons. The van der Waals surface area contributed by atoms with Crippen molar-refractivity contribution >= 4 is 6.29 Å². The van der Waals surface area contributed by atoms with Crippen molar-refractivity contribution < 1.29 is 9.21 Å². The molecule has 1 aromatic heterocycles. The van der Waals surface area contributed by atoms with E-state index in [4.69, 9.17) is 4.42 Å². The molecule has 0 aliphatic heterocycles. The first kappa shape index (κ1) is 6.63. The third-order valence-corrected chi connectivity index (χ3v) is 0.995. The zero-order valence-corrected chi connectivity index (χ0v) is 5.55. The minimum Gasteiger partial charge on any atom is -0.453 e. The van der Waals surface area contributed by atoms with Crippen LogP contribution in [0.3, 0.4) is 0 Å². The van der Waals surface area contributed by atoms with Gasteiger partial charge in [0.1, 0.15) is 5.76 Å². The average molecular weight is 134 g/mol. The van der Waals surface area contributed by atoms with Gasteiger partial charge in [0.2, 0.25) is 0 Å². The topological polar surface area (TPSA) is 30.2 Å². The van der Waals surface area contributed by atoms with Gasteiger partial charge in [0.25, 0.3) is 0 Å². The molecule has 0 unspecified atom stereocenters. The van der Waals surface area contributed by atoms with E-state index < -0.39 is 0 Å². The zero-order chi connectivity index (χ0) is 7.40. The molecular weight excluding hydrogens is 128 g/mol. The van der Waals surface area contributed by atoms with Gasteiger partial charge in [0.05, 0.1) is 0 Å². The standard InChI is InChI=1S/C8H6O2/c1-7-4-5-8(10-7)3-2-6-9/h4-6H,1H3. The normalized spacial score (nSPS) is 8.10. The number of hydrogen-bond donors (Lipinski definition) is 0. The Bertz CT molecular complexity index is 286. The summed E-state index contributed by atoms with van der Waals surface area (Å²) in [5.41, 5.74) is 0. The summed E-state index contributed by atoms with van der Waals surface area (Å²) in [6, 6.07) is 3.53. The Hall–Kier alpha value is -1.49. The predicted molar refractivity (Wildman–Crippen MR) is 36.4 cm³/mol. The van der Waals surface area contributed by atoms with E-state index in [0.717, 1.165) is 5.76 Å². The number of rotatable bonds is 0. The molecule has 2 heteroatoms. The third-order valence-electron chi connectivity index (χ3n) is 0.995. The molecule has 0 saturated heterocycles. The van der Waals surface area contributed by atoms with Crippen molar-refractivity contribution in [3.63, 3.8) is 0 Å². The molecule has 0 amide bonds. The molecular formula is C8H6O2. The molecule has 0 aliphatic carbocycles. The molecule has 0 spiro atoms. The molecule has 1 rings (SSSR count). The number of furan rings is 1. The van der Waals surface area contributed by atoms with Crippen LogP contribution < -0.4 is 0 Å². The van der Waals surface area contributed by atoms with Gasteiger partial charge < -0.3 is 4.42 Å². The highest BCUT2D eigenvalue weighted by Crippen LogP contribution is 2.03. The average Bonchev–Trinajstić information content (AvgIpc) is 2.31. The lowest BCUT2D eigenvalue weighted by molar-refractivity contribution is -0.103. The number of aldehydes is 1. The van der Waals surface area contributed by atoms with E-state index in [2.05, 4.69) is 11.8 Å². The lowest BCUT2D eigenvalue weighted by atomic mass is 10.4. The lowest BCUT2D eigenvalue weighted by Gasteiger charge is -1.76. The van der Waals surface area contributed by atoms with Crippen LogP contribution in [0.5, 0.6) is 0 Å². The first-order valence-corrected chi connectivity index (χ1v) is 2.84. The molecule has 0 aromatic carbocycles. The summed E-state index contributed by atoms with van der Waals surface area (Å²) < 4.78 is 5.05. The third kappa shape index (κ3) is 1.49.